The van der Waals surface area contributed by atoms with E-state index >= 15 is 0 Å². The fourth-order valence-corrected chi connectivity index (χ4v) is 5.81. The van der Waals surface area contributed by atoms with Crippen molar-refractivity contribution in [2.75, 3.05) is 13.2 Å². The minimum absolute atomic E-state index is 0.722. The summed E-state index contributed by atoms with van der Waals surface area (Å²) in [6.45, 7) is 8.04. The lowest BCUT2D eigenvalue weighted by molar-refractivity contribution is 0.175. The quantitative estimate of drug-likeness (QED) is 0.527. The van der Waals surface area contributed by atoms with Crippen LogP contribution in [0.4, 0.5) is 0 Å². The molecule has 15 heavy (non-hydrogen) atoms. The molecule has 0 heterocycles. The Morgan fingerprint density at radius 1 is 0.933 bits per heavy atom. The molecule has 0 atom stereocenters. The van der Waals surface area contributed by atoms with Crippen molar-refractivity contribution in [3.05, 3.63) is 0 Å². The standard InChI is InChI=1S/C12H26O2Si/c1-4-13-15(3,14-5-2)12-10-8-6-7-9-11-12/h12H,4-11H2,1-3H3. The fourth-order valence-electron chi connectivity index (χ4n) is 2.65. The molecule has 0 aromatic carbocycles. The van der Waals surface area contributed by atoms with Crippen molar-refractivity contribution in [2.45, 2.75) is 64.5 Å². The van der Waals surface area contributed by atoms with Gasteiger partial charge in [0, 0.05) is 18.8 Å². The summed E-state index contributed by atoms with van der Waals surface area (Å²) >= 11 is 0. The van der Waals surface area contributed by atoms with Gasteiger partial charge in [0.25, 0.3) is 0 Å². The average Bonchev–Trinajstić information content (AvgIpc) is 2.46. The molecule has 0 unspecified atom stereocenters. The molecule has 0 aliphatic heterocycles. The predicted octanol–water partition coefficient (Wildman–Crippen LogP) is 3.86. The van der Waals surface area contributed by atoms with E-state index in [1.807, 2.05) is 0 Å². The molecule has 0 aromatic rings. The molecular weight excluding hydrogens is 204 g/mol. The van der Waals surface area contributed by atoms with Crippen LogP contribution in [0.1, 0.15) is 52.4 Å². The summed E-state index contributed by atoms with van der Waals surface area (Å²) in [6.07, 6.45) is 8.19. The summed E-state index contributed by atoms with van der Waals surface area (Å²) in [6, 6.07) is 0. The van der Waals surface area contributed by atoms with Crippen LogP contribution in [-0.4, -0.2) is 21.8 Å². The summed E-state index contributed by atoms with van der Waals surface area (Å²) in [4.78, 5) is 0. The monoisotopic (exact) mass is 230 g/mol. The van der Waals surface area contributed by atoms with Gasteiger partial charge in [0.1, 0.15) is 0 Å². The highest BCUT2D eigenvalue weighted by atomic mass is 28.4. The molecule has 0 bridgehead atoms. The SMILES string of the molecule is CCO[Si](C)(OCC)C1CCCCCC1. The van der Waals surface area contributed by atoms with E-state index in [0.29, 0.717) is 0 Å². The molecule has 1 aliphatic rings. The first-order valence-electron chi connectivity index (χ1n) is 6.50. The van der Waals surface area contributed by atoms with Gasteiger partial charge in [0.15, 0.2) is 0 Å². The van der Waals surface area contributed by atoms with E-state index in [4.69, 9.17) is 8.85 Å². The minimum Gasteiger partial charge on any atom is -0.394 e. The van der Waals surface area contributed by atoms with E-state index in [1.165, 1.54) is 38.5 Å². The van der Waals surface area contributed by atoms with Crippen molar-refractivity contribution in [1.82, 2.24) is 0 Å². The molecule has 0 saturated heterocycles. The first-order chi connectivity index (χ1) is 7.23. The van der Waals surface area contributed by atoms with Crippen molar-refractivity contribution in [3.63, 3.8) is 0 Å². The van der Waals surface area contributed by atoms with Gasteiger partial charge in [-0.25, -0.2) is 0 Å². The molecule has 0 radical (unpaired) electrons. The van der Waals surface area contributed by atoms with E-state index in [-0.39, 0.29) is 0 Å². The molecule has 0 aromatic heterocycles. The van der Waals surface area contributed by atoms with Gasteiger partial charge >= 0.3 is 8.56 Å². The van der Waals surface area contributed by atoms with E-state index in [9.17, 15) is 0 Å². The lowest BCUT2D eigenvalue weighted by Crippen LogP contribution is -2.43. The highest BCUT2D eigenvalue weighted by Crippen LogP contribution is 2.37. The zero-order chi connectivity index (χ0) is 11.1. The molecule has 0 N–H and O–H groups in total. The van der Waals surface area contributed by atoms with Gasteiger partial charge in [-0.2, -0.15) is 0 Å². The first-order valence-corrected chi connectivity index (χ1v) is 8.90. The van der Waals surface area contributed by atoms with Gasteiger partial charge in [-0.3, -0.25) is 0 Å². The van der Waals surface area contributed by atoms with Crippen LogP contribution in [0.25, 0.3) is 0 Å². The Kier molecular flexibility index (Phi) is 5.86. The Morgan fingerprint density at radius 2 is 1.40 bits per heavy atom. The Labute approximate surface area is 95.6 Å². The summed E-state index contributed by atoms with van der Waals surface area (Å²) in [5, 5.41) is 0. The van der Waals surface area contributed by atoms with Gasteiger partial charge in [-0.1, -0.05) is 25.7 Å². The van der Waals surface area contributed by atoms with Crippen molar-refractivity contribution in [3.8, 4) is 0 Å². The van der Waals surface area contributed by atoms with Crippen LogP contribution in [0.2, 0.25) is 12.1 Å². The molecule has 1 aliphatic carbocycles. The second kappa shape index (κ2) is 6.66. The summed E-state index contributed by atoms with van der Waals surface area (Å²) in [7, 11) is -1.88. The second-order valence-electron chi connectivity index (χ2n) is 4.57. The molecule has 3 heteroatoms. The Morgan fingerprint density at radius 3 is 1.80 bits per heavy atom. The maximum absolute atomic E-state index is 5.98. The summed E-state index contributed by atoms with van der Waals surface area (Å²) in [5.74, 6) is 0. The molecule has 1 saturated carbocycles. The van der Waals surface area contributed by atoms with Gasteiger partial charge < -0.3 is 8.85 Å². The van der Waals surface area contributed by atoms with Crippen LogP contribution in [0, 0.1) is 0 Å². The third kappa shape index (κ3) is 3.89. The van der Waals surface area contributed by atoms with E-state index < -0.39 is 8.56 Å². The first kappa shape index (κ1) is 13.2. The Balaban J connectivity index is 2.58. The fraction of sp³-hybridized carbons (Fsp3) is 1.00. The van der Waals surface area contributed by atoms with Gasteiger partial charge in [-0.15, -0.1) is 0 Å². The molecule has 0 spiro atoms. The van der Waals surface area contributed by atoms with Crippen LogP contribution in [0.5, 0.6) is 0 Å². The highest BCUT2D eigenvalue weighted by molar-refractivity contribution is 6.67. The van der Waals surface area contributed by atoms with Gasteiger partial charge in [0.2, 0.25) is 0 Å². The highest BCUT2D eigenvalue weighted by Gasteiger charge is 2.40. The zero-order valence-corrected chi connectivity index (χ0v) is 11.6. The van der Waals surface area contributed by atoms with Crippen LogP contribution < -0.4 is 0 Å². The molecular formula is C12H26O2Si. The molecule has 0 amide bonds. The number of rotatable bonds is 5. The van der Waals surface area contributed by atoms with Gasteiger partial charge in [-0.05, 0) is 33.2 Å². The van der Waals surface area contributed by atoms with Crippen molar-refractivity contribution in [1.29, 1.82) is 0 Å². The largest absolute Gasteiger partial charge is 0.394 e. The predicted molar refractivity (Wildman–Crippen MR) is 66.3 cm³/mol. The third-order valence-electron chi connectivity index (χ3n) is 3.46. The van der Waals surface area contributed by atoms with Crippen LogP contribution in [0.3, 0.4) is 0 Å². The zero-order valence-electron chi connectivity index (χ0n) is 10.6. The van der Waals surface area contributed by atoms with E-state index in [0.717, 1.165) is 18.8 Å². The van der Waals surface area contributed by atoms with E-state index in [1.54, 1.807) is 0 Å². The minimum atomic E-state index is -1.88. The van der Waals surface area contributed by atoms with E-state index in [2.05, 4.69) is 20.4 Å². The van der Waals surface area contributed by atoms with Crippen molar-refractivity contribution >= 4 is 8.56 Å². The van der Waals surface area contributed by atoms with Crippen LogP contribution >= 0.6 is 0 Å². The second-order valence-corrected chi connectivity index (χ2v) is 8.00. The lowest BCUT2D eigenvalue weighted by atomic mass is 10.2. The lowest BCUT2D eigenvalue weighted by Gasteiger charge is -2.33. The van der Waals surface area contributed by atoms with Crippen LogP contribution in [-0.2, 0) is 8.85 Å². The van der Waals surface area contributed by atoms with Crippen LogP contribution in [0.15, 0.2) is 0 Å². The molecule has 2 nitrogen and oxygen atoms in total. The summed E-state index contributed by atoms with van der Waals surface area (Å²) < 4.78 is 12.0. The smallest absolute Gasteiger partial charge is 0.338 e. The van der Waals surface area contributed by atoms with Gasteiger partial charge in [0.05, 0.1) is 0 Å². The normalized spacial score (nSPS) is 20.2. The molecule has 1 fully saturated rings. The van der Waals surface area contributed by atoms with Crippen molar-refractivity contribution < 1.29 is 8.85 Å². The Hall–Kier alpha value is 0.137. The Bertz CT molecular complexity index is 159. The molecule has 90 valence electrons. The maximum Gasteiger partial charge on any atom is 0.338 e. The number of hydrogen-bond donors (Lipinski definition) is 0. The number of hydrogen-bond acceptors (Lipinski definition) is 2. The molecule has 1 rings (SSSR count). The maximum atomic E-state index is 5.98. The average molecular weight is 230 g/mol. The third-order valence-corrected chi connectivity index (χ3v) is 7.24. The van der Waals surface area contributed by atoms with Crippen molar-refractivity contribution in [2.24, 2.45) is 0 Å². The topological polar surface area (TPSA) is 18.5 Å². The summed E-state index contributed by atoms with van der Waals surface area (Å²) in [5.41, 5.74) is 0.722.